The second-order valence-electron chi connectivity index (χ2n) is 5.92. The molecule has 1 unspecified atom stereocenters. The van der Waals surface area contributed by atoms with Gasteiger partial charge in [-0.2, -0.15) is 0 Å². The van der Waals surface area contributed by atoms with Gasteiger partial charge in [-0.3, -0.25) is 4.79 Å². The fourth-order valence-electron chi connectivity index (χ4n) is 2.41. The summed E-state index contributed by atoms with van der Waals surface area (Å²) >= 11 is 0. The highest BCUT2D eigenvalue weighted by molar-refractivity contribution is 5.76. The summed E-state index contributed by atoms with van der Waals surface area (Å²) in [7, 11) is 5.98. The Morgan fingerprint density at radius 2 is 2.00 bits per heavy atom. The van der Waals surface area contributed by atoms with E-state index in [0.717, 1.165) is 32.1 Å². The molecule has 0 saturated carbocycles. The van der Waals surface area contributed by atoms with Crippen LogP contribution in [0, 0.1) is 5.92 Å². The standard InChI is InChI=1S/C14H29N3O/c1-13-6-5-8-17(12-13)9-7-14(18)16(4)11-10-15(2)3/h13H,5-12H2,1-4H3. The number of likely N-dealkylation sites (tertiary alicyclic amines) is 1. The summed E-state index contributed by atoms with van der Waals surface area (Å²) in [4.78, 5) is 18.4. The van der Waals surface area contributed by atoms with Crippen molar-refractivity contribution in [3.05, 3.63) is 0 Å². The summed E-state index contributed by atoms with van der Waals surface area (Å²) in [5.41, 5.74) is 0. The first-order valence-corrected chi connectivity index (χ1v) is 7.10. The van der Waals surface area contributed by atoms with Crippen LogP contribution in [0.4, 0.5) is 0 Å². The van der Waals surface area contributed by atoms with Gasteiger partial charge in [0.05, 0.1) is 0 Å². The number of rotatable bonds is 6. The zero-order valence-corrected chi connectivity index (χ0v) is 12.5. The number of hydrogen-bond acceptors (Lipinski definition) is 3. The van der Waals surface area contributed by atoms with Crippen molar-refractivity contribution in [2.24, 2.45) is 5.92 Å². The zero-order valence-electron chi connectivity index (χ0n) is 12.5. The van der Waals surface area contributed by atoms with Gasteiger partial charge in [-0.1, -0.05) is 6.92 Å². The van der Waals surface area contributed by atoms with Crippen molar-refractivity contribution in [1.82, 2.24) is 14.7 Å². The maximum Gasteiger partial charge on any atom is 0.223 e. The second kappa shape index (κ2) is 7.74. The first-order chi connectivity index (χ1) is 8.49. The molecule has 1 amide bonds. The molecule has 1 atom stereocenters. The highest BCUT2D eigenvalue weighted by Crippen LogP contribution is 2.15. The van der Waals surface area contributed by atoms with Crippen molar-refractivity contribution in [1.29, 1.82) is 0 Å². The Hall–Kier alpha value is -0.610. The van der Waals surface area contributed by atoms with Gasteiger partial charge in [-0.05, 0) is 39.4 Å². The molecule has 0 spiro atoms. The molecular weight excluding hydrogens is 226 g/mol. The van der Waals surface area contributed by atoms with Gasteiger partial charge < -0.3 is 14.7 Å². The lowest BCUT2D eigenvalue weighted by molar-refractivity contribution is -0.130. The molecule has 0 aromatic heterocycles. The van der Waals surface area contributed by atoms with E-state index in [1.165, 1.54) is 19.4 Å². The van der Waals surface area contributed by atoms with Gasteiger partial charge in [0.2, 0.25) is 5.91 Å². The number of carbonyl (C=O) groups is 1. The van der Waals surface area contributed by atoms with Crippen molar-refractivity contribution in [2.75, 3.05) is 53.9 Å². The number of hydrogen-bond donors (Lipinski definition) is 0. The molecule has 1 saturated heterocycles. The van der Waals surface area contributed by atoms with E-state index < -0.39 is 0 Å². The Balaban J connectivity index is 2.19. The van der Waals surface area contributed by atoms with Gasteiger partial charge in [0, 0.05) is 39.6 Å². The van der Waals surface area contributed by atoms with Gasteiger partial charge in [0.25, 0.3) is 0 Å². The molecule has 1 aliphatic rings. The third kappa shape index (κ3) is 5.83. The summed E-state index contributed by atoms with van der Waals surface area (Å²) in [5, 5.41) is 0. The van der Waals surface area contributed by atoms with Crippen LogP contribution in [0.3, 0.4) is 0 Å². The SMILES string of the molecule is CC1CCCN(CCC(=O)N(C)CCN(C)C)C1. The van der Waals surface area contributed by atoms with Gasteiger partial charge >= 0.3 is 0 Å². The summed E-state index contributed by atoms with van der Waals surface area (Å²) < 4.78 is 0. The molecule has 4 heteroatoms. The monoisotopic (exact) mass is 255 g/mol. The highest BCUT2D eigenvalue weighted by Gasteiger charge is 2.17. The lowest BCUT2D eigenvalue weighted by Gasteiger charge is -2.31. The van der Waals surface area contributed by atoms with E-state index in [1.54, 1.807) is 0 Å². The average molecular weight is 255 g/mol. The molecule has 1 rings (SSSR count). The molecule has 0 bridgehead atoms. The number of nitrogens with zero attached hydrogens (tertiary/aromatic N) is 3. The molecular formula is C14H29N3O. The molecule has 1 aliphatic heterocycles. The van der Waals surface area contributed by atoms with Crippen molar-refractivity contribution < 1.29 is 4.79 Å². The zero-order chi connectivity index (χ0) is 13.5. The van der Waals surface area contributed by atoms with Crippen LogP contribution in [0.25, 0.3) is 0 Å². The minimum Gasteiger partial charge on any atom is -0.344 e. The molecule has 18 heavy (non-hydrogen) atoms. The van der Waals surface area contributed by atoms with E-state index in [0.29, 0.717) is 6.42 Å². The van der Waals surface area contributed by atoms with Crippen LogP contribution in [-0.4, -0.2) is 74.5 Å². The second-order valence-corrected chi connectivity index (χ2v) is 5.92. The van der Waals surface area contributed by atoms with E-state index in [-0.39, 0.29) is 5.91 Å². The van der Waals surface area contributed by atoms with Gasteiger partial charge in [0.1, 0.15) is 0 Å². The van der Waals surface area contributed by atoms with E-state index in [9.17, 15) is 4.79 Å². The number of carbonyl (C=O) groups excluding carboxylic acids is 1. The Kier molecular flexibility index (Phi) is 6.65. The normalized spacial score (nSPS) is 21.3. The third-order valence-corrected chi connectivity index (χ3v) is 3.69. The predicted octanol–water partition coefficient (Wildman–Crippen LogP) is 1.13. The highest BCUT2D eigenvalue weighted by atomic mass is 16.2. The van der Waals surface area contributed by atoms with Gasteiger partial charge in [-0.15, -0.1) is 0 Å². The predicted molar refractivity (Wildman–Crippen MR) is 75.6 cm³/mol. The van der Waals surface area contributed by atoms with Gasteiger partial charge in [-0.25, -0.2) is 0 Å². The molecule has 4 nitrogen and oxygen atoms in total. The Bertz CT molecular complexity index is 255. The molecule has 1 heterocycles. The van der Waals surface area contributed by atoms with Crippen LogP contribution in [-0.2, 0) is 4.79 Å². The minimum absolute atomic E-state index is 0.273. The number of amides is 1. The summed E-state index contributed by atoms with van der Waals surface area (Å²) in [6.45, 7) is 7.31. The van der Waals surface area contributed by atoms with E-state index >= 15 is 0 Å². The van der Waals surface area contributed by atoms with Crippen LogP contribution >= 0.6 is 0 Å². The van der Waals surface area contributed by atoms with Crippen molar-refractivity contribution >= 4 is 5.91 Å². The summed E-state index contributed by atoms with van der Waals surface area (Å²) in [6.07, 6.45) is 3.29. The van der Waals surface area contributed by atoms with Crippen molar-refractivity contribution in [3.8, 4) is 0 Å². The summed E-state index contributed by atoms with van der Waals surface area (Å²) in [5.74, 6) is 1.07. The van der Waals surface area contributed by atoms with E-state index in [1.807, 2.05) is 26.0 Å². The van der Waals surface area contributed by atoms with Crippen LogP contribution in [0.15, 0.2) is 0 Å². The Labute approximate surface area is 112 Å². The van der Waals surface area contributed by atoms with Crippen LogP contribution in [0.5, 0.6) is 0 Å². The fourth-order valence-corrected chi connectivity index (χ4v) is 2.41. The molecule has 0 aliphatic carbocycles. The number of likely N-dealkylation sites (N-methyl/N-ethyl adjacent to an activating group) is 2. The van der Waals surface area contributed by atoms with Crippen molar-refractivity contribution in [2.45, 2.75) is 26.2 Å². The Morgan fingerprint density at radius 1 is 1.28 bits per heavy atom. The molecule has 0 aromatic rings. The summed E-state index contributed by atoms with van der Waals surface area (Å²) in [6, 6.07) is 0. The Morgan fingerprint density at radius 3 is 2.61 bits per heavy atom. The van der Waals surface area contributed by atoms with E-state index in [4.69, 9.17) is 0 Å². The quantitative estimate of drug-likeness (QED) is 0.712. The maximum absolute atomic E-state index is 12.0. The van der Waals surface area contributed by atoms with Crippen LogP contribution in [0.2, 0.25) is 0 Å². The maximum atomic E-state index is 12.0. The first kappa shape index (κ1) is 15.4. The topological polar surface area (TPSA) is 26.8 Å². The fraction of sp³-hybridized carbons (Fsp3) is 0.929. The van der Waals surface area contributed by atoms with Gasteiger partial charge in [0.15, 0.2) is 0 Å². The van der Waals surface area contributed by atoms with Crippen molar-refractivity contribution in [3.63, 3.8) is 0 Å². The minimum atomic E-state index is 0.273. The molecule has 106 valence electrons. The third-order valence-electron chi connectivity index (χ3n) is 3.69. The lowest BCUT2D eigenvalue weighted by Crippen LogP contribution is -2.39. The van der Waals surface area contributed by atoms with Crippen LogP contribution in [0.1, 0.15) is 26.2 Å². The molecule has 0 radical (unpaired) electrons. The van der Waals surface area contributed by atoms with E-state index in [2.05, 4.69) is 16.7 Å². The smallest absolute Gasteiger partial charge is 0.223 e. The average Bonchev–Trinajstić information content (AvgIpc) is 2.33. The first-order valence-electron chi connectivity index (χ1n) is 7.10. The molecule has 0 N–H and O–H groups in total. The molecule has 1 fully saturated rings. The lowest BCUT2D eigenvalue weighted by atomic mass is 10.0. The van der Waals surface area contributed by atoms with Crippen LogP contribution < -0.4 is 0 Å². The largest absolute Gasteiger partial charge is 0.344 e. The number of piperidine rings is 1. The molecule has 0 aromatic carbocycles.